The van der Waals surface area contributed by atoms with Gasteiger partial charge in [-0.2, -0.15) is 0 Å². The molecule has 1 heterocycles. The van der Waals surface area contributed by atoms with Gasteiger partial charge in [0.2, 0.25) is 0 Å². The number of rotatable bonds is 13. The van der Waals surface area contributed by atoms with Gasteiger partial charge in [0.25, 0.3) is 0 Å². The summed E-state index contributed by atoms with van der Waals surface area (Å²) in [6.45, 7) is 10.6. The lowest BCUT2D eigenvalue weighted by Crippen LogP contribution is -2.46. The molecule has 1 fully saturated rings. The minimum Gasteiger partial charge on any atom is -0.324 e. The molecule has 1 aliphatic rings. The Kier molecular flexibility index (Phi) is 10.4. The van der Waals surface area contributed by atoms with Crippen LogP contribution in [0.15, 0.2) is 0 Å². The summed E-state index contributed by atoms with van der Waals surface area (Å²) in [7, 11) is 0. The predicted molar refractivity (Wildman–Crippen MR) is 91.1 cm³/mol. The van der Waals surface area contributed by atoms with Crippen molar-refractivity contribution in [1.29, 1.82) is 0 Å². The Bertz CT molecular complexity index is 206. The molecule has 1 nitrogen and oxygen atoms in total. The first kappa shape index (κ1) is 18.0. The molecule has 0 spiro atoms. The lowest BCUT2D eigenvalue weighted by Gasteiger charge is -2.34. The van der Waals surface area contributed by atoms with Gasteiger partial charge >= 0.3 is 0 Å². The molecule has 120 valence electrons. The third-order valence-corrected chi connectivity index (χ3v) is 5.24. The van der Waals surface area contributed by atoms with Crippen molar-refractivity contribution in [3.05, 3.63) is 0 Å². The summed E-state index contributed by atoms with van der Waals surface area (Å²) in [5, 5.41) is 0. The van der Waals surface area contributed by atoms with Crippen molar-refractivity contribution >= 4 is 0 Å². The van der Waals surface area contributed by atoms with E-state index in [1.54, 1.807) is 0 Å². The molecule has 1 heteroatoms. The Labute approximate surface area is 128 Å². The maximum atomic E-state index is 2.33. The Morgan fingerprint density at radius 1 is 0.550 bits per heavy atom. The van der Waals surface area contributed by atoms with E-state index in [9.17, 15) is 0 Å². The first-order valence-electron chi connectivity index (χ1n) is 9.68. The van der Waals surface area contributed by atoms with Gasteiger partial charge in [-0.25, -0.2) is 0 Å². The lowest BCUT2D eigenvalue weighted by molar-refractivity contribution is -0.917. The summed E-state index contributed by atoms with van der Waals surface area (Å²) in [5.74, 6) is 0. The normalized spacial score (nSPS) is 17.7. The van der Waals surface area contributed by atoms with Crippen molar-refractivity contribution in [3.63, 3.8) is 0 Å². The van der Waals surface area contributed by atoms with E-state index in [0.717, 1.165) is 0 Å². The van der Waals surface area contributed by atoms with Crippen molar-refractivity contribution < 1.29 is 4.48 Å². The van der Waals surface area contributed by atoms with Gasteiger partial charge in [0.15, 0.2) is 0 Å². The van der Waals surface area contributed by atoms with Gasteiger partial charge in [-0.1, -0.05) is 58.8 Å². The number of quaternary nitrogens is 1. The van der Waals surface area contributed by atoms with Crippen LogP contribution in [0.2, 0.25) is 0 Å². The van der Waals surface area contributed by atoms with Crippen molar-refractivity contribution in [2.75, 3.05) is 26.2 Å². The van der Waals surface area contributed by atoms with Crippen LogP contribution in [0.4, 0.5) is 0 Å². The second-order valence-electron chi connectivity index (χ2n) is 7.13. The van der Waals surface area contributed by atoms with Crippen molar-refractivity contribution in [2.24, 2.45) is 0 Å². The molecular weight excluding hydrogens is 242 g/mol. The molecule has 0 atom stereocenters. The molecule has 0 radical (unpaired) electrons. The van der Waals surface area contributed by atoms with E-state index in [1.807, 2.05) is 0 Å². The highest BCUT2D eigenvalue weighted by Gasteiger charge is 2.30. The van der Waals surface area contributed by atoms with Crippen LogP contribution in [0.25, 0.3) is 0 Å². The first-order valence-corrected chi connectivity index (χ1v) is 9.68. The van der Waals surface area contributed by atoms with E-state index in [2.05, 4.69) is 13.8 Å². The molecule has 0 unspecified atom stereocenters. The molecule has 1 aliphatic heterocycles. The van der Waals surface area contributed by atoms with Crippen LogP contribution in [0.1, 0.15) is 97.3 Å². The number of likely N-dealkylation sites (tertiary alicyclic amines) is 1. The molecule has 0 aromatic rings. The molecule has 0 bridgehead atoms. The van der Waals surface area contributed by atoms with Crippen LogP contribution in [0.5, 0.6) is 0 Å². The summed E-state index contributed by atoms with van der Waals surface area (Å²) < 4.78 is 1.48. The van der Waals surface area contributed by atoms with Gasteiger partial charge in [0.1, 0.15) is 0 Å². The molecule has 0 aliphatic carbocycles. The zero-order valence-corrected chi connectivity index (χ0v) is 14.5. The molecule has 0 aromatic carbocycles. The summed E-state index contributed by atoms with van der Waals surface area (Å²) in [4.78, 5) is 0. The minimum atomic E-state index is 1.37. The average molecular weight is 283 g/mol. The summed E-state index contributed by atoms with van der Waals surface area (Å²) in [6.07, 6.45) is 19.0. The Morgan fingerprint density at radius 2 is 0.950 bits per heavy atom. The van der Waals surface area contributed by atoms with E-state index in [4.69, 9.17) is 0 Å². The highest BCUT2D eigenvalue weighted by Crippen LogP contribution is 2.22. The molecular formula is C19H40N+. The zero-order chi connectivity index (χ0) is 14.5. The fourth-order valence-corrected chi connectivity index (χ4v) is 3.84. The topological polar surface area (TPSA) is 0 Å². The number of hydrogen-bond donors (Lipinski definition) is 0. The van der Waals surface area contributed by atoms with Gasteiger partial charge in [-0.15, -0.1) is 0 Å². The lowest BCUT2D eigenvalue weighted by atomic mass is 10.1. The monoisotopic (exact) mass is 282 g/mol. The van der Waals surface area contributed by atoms with E-state index in [-0.39, 0.29) is 0 Å². The van der Waals surface area contributed by atoms with Gasteiger partial charge in [0, 0.05) is 12.8 Å². The maximum absolute atomic E-state index is 2.33. The van der Waals surface area contributed by atoms with Crippen molar-refractivity contribution in [3.8, 4) is 0 Å². The maximum Gasteiger partial charge on any atom is 0.0788 e. The van der Waals surface area contributed by atoms with E-state index < -0.39 is 0 Å². The van der Waals surface area contributed by atoms with Crippen LogP contribution < -0.4 is 0 Å². The summed E-state index contributed by atoms with van der Waals surface area (Å²) >= 11 is 0. The molecule has 0 N–H and O–H groups in total. The fraction of sp³-hybridized carbons (Fsp3) is 1.00. The van der Waals surface area contributed by atoms with Gasteiger partial charge < -0.3 is 4.48 Å². The molecule has 1 saturated heterocycles. The summed E-state index contributed by atoms with van der Waals surface area (Å²) in [5.41, 5.74) is 0. The van der Waals surface area contributed by atoms with Crippen LogP contribution >= 0.6 is 0 Å². The molecule has 0 aromatic heterocycles. The minimum absolute atomic E-state index is 1.37. The van der Waals surface area contributed by atoms with Crippen LogP contribution in [0, 0.1) is 0 Å². The number of nitrogens with zero attached hydrogens (tertiary/aromatic N) is 1. The van der Waals surface area contributed by atoms with Crippen molar-refractivity contribution in [1.82, 2.24) is 0 Å². The molecule has 1 rings (SSSR count). The highest BCUT2D eigenvalue weighted by molar-refractivity contribution is 4.57. The number of hydrogen-bond acceptors (Lipinski definition) is 0. The smallest absolute Gasteiger partial charge is 0.0788 e. The SMILES string of the molecule is CCCCCCCCCC[N+]1(CCCCC)CCCC1. The summed E-state index contributed by atoms with van der Waals surface area (Å²) in [6, 6.07) is 0. The first-order chi connectivity index (χ1) is 9.83. The van der Waals surface area contributed by atoms with Crippen LogP contribution in [0.3, 0.4) is 0 Å². The van der Waals surface area contributed by atoms with Gasteiger partial charge in [-0.3, -0.25) is 0 Å². The van der Waals surface area contributed by atoms with Crippen LogP contribution in [-0.4, -0.2) is 30.7 Å². The standard InChI is InChI=1S/C19H40N/c1-3-5-7-8-9-10-11-13-17-20(16-12-6-4-2)18-14-15-19-20/h3-19H2,1-2H3/q+1. The highest BCUT2D eigenvalue weighted by atomic mass is 15.4. The third-order valence-electron chi connectivity index (χ3n) is 5.24. The van der Waals surface area contributed by atoms with Crippen LogP contribution in [-0.2, 0) is 0 Å². The Hall–Kier alpha value is -0.0400. The average Bonchev–Trinajstić information content (AvgIpc) is 2.91. The largest absolute Gasteiger partial charge is 0.324 e. The molecule has 0 amide bonds. The predicted octanol–water partition coefficient (Wildman–Crippen LogP) is 5.93. The van der Waals surface area contributed by atoms with E-state index in [1.165, 1.54) is 114 Å². The fourth-order valence-electron chi connectivity index (χ4n) is 3.84. The second-order valence-corrected chi connectivity index (χ2v) is 7.13. The molecule has 20 heavy (non-hydrogen) atoms. The number of unbranched alkanes of at least 4 members (excludes halogenated alkanes) is 9. The molecule has 0 saturated carbocycles. The van der Waals surface area contributed by atoms with Crippen molar-refractivity contribution in [2.45, 2.75) is 97.3 Å². The van der Waals surface area contributed by atoms with Gasteiger partial charge in [0.05, 0.1) is 26.2 Å². The quantitative estimate of drug-likeness (QED) is 0.290. The zero-order valence-electron chi connectivity index (χ0n) is 14.5. The Morgan fingerprint density at radius 3 is 1.50 bits per heavy atom. The Balaban J connectivity index is 2.04. The van der Waals surface area contributed by atoms with E-state index in [0.29, 0.717) is 0 Å². The van der Waals surface area contributed by atoms with Gasteiger partial charge in [-0.05, 0) is 25.7 Å². The van der Waals surface area contributed by atoms with E-state index >= 15 is 0 Å². The second kappa shape index (κ2) is 11.6. The third kappa shape index (κ3) is 7.67.